The second-order valence-corrected chi connectivity index (χ2v) is 6.65. The highest BCUT2D eigenvalue weighted by Crippen LogP contribution is 2.24. The van der Waals surface area contributed by atoms with Crippen molar-refractivity contribution >= 4 is 51.3 Å². The van der Waals surface area contributed by atoms with Crippen LogP contribution in [0.5, 0.6) is 5.75 Å². The van der Waals surface area contributed by atoms with E-state index in [-0.39, 0.29) is 5.78 Å². The molecule has 2 nitrogen and oxygen atoms in total. The Kier molecular flexibility index (Phi) is 4.64. The van der Waals surface area contributed by atoms with E-state index in [1.807, 2.05) is 24.3 Å². The summed E-state index contributed by atoms with van der Waals surface area (Å²) in [6.07, 6.45) is -0.516. The Hall–Kier alpha value is -0.590. The van der Waals surface area contributed by atoms with E-state index in [0.717, 1.165) is 3.57 Å². The van der Waals surface area contributed by atoms with Crippen molar-refractivity contribution in [3.8, 4) is 5.75 Å². The topological polar surface area (TPSA) is 26.3 Å². The van der Waals surface area contributed by atoms with Crippen molar-refractivity contribution in [1.29, 1.82) is 0 Å². The molecule has 1 atom stereocenters. The summed E-state index contributed by atoms with van der Waals surface area (Å²) >= 11 is 9.29. The number of carbonyl (C=O) groups is 1. The number of hydrogen-bond acceptors (Lipinski definition) is 3. The lowest BCUT2D eigenvalue weighted by Gasteiger charge is -2.12. The molecule has 2 rings (SSSR count). The minimum absolute atomic E-state index is 0.0502. The fourth-order valence-electron chi connectivity index (χ4n) is 1.45. The van der Waals surface area contributed by atoms with E-state index in [1.165, 1.54) is 11.3 Å². The molecule has 94 valence electrons. The third-order valence-corrected chi connectivity index (χ3v) is 4.21. The lowest BCUT2D eigenvalue weighted by Crippen LogP contribution is -2.23. The maximum Gasteiger partial charge on any atom is 0.212 e. The van der Waals surface area contributed by atoms with Crippen molar-refractivity contribution in [1.82, 2.24) is 0 Å². The summed E-state index contributed by atoms with van der Waals surface area (Å²) in [5, 5.41) is 0. The third kappa shape index (κ3) is 3.46. The summed E-state index contributed by atoms with van der Waals surface area (Å²) in [6.45, 7) is 1.75. The summed E-state index contributed by atoms with van der Waals surface area (Å²) in [6, 6.07) is 11.1. The Morgan fingerprint density at radius 1 is 1.39 bits per heavy atom. The van der Waals surface area contributed by atoms with E-state index >= 15 is 0 Å². The molecule has 1 aromatic heterocycles. The van der Waals surface area contributed by atoms with Gasteiger partial charge in [-0.1, -0.05) is 17.7 Å². The lowest BCUT2D eigenvalue weighted by molar-refractivity contribution is 0.0822. The maximum absolute atomic E-state index is 12.1. The summed E-state index contributed by atoms with van der Waals surface area (Å²) < 4.78 is 7.31. The Balaban J connectivity index is 2.08. The van der Waals surface area contributed by atoms with Crippen molar-refractivity contribution in [2.45, 2.75) is 13.0 Å². The van der Waals surface area contributed by atoms with Gasteiger partial charge in [0.15, 0.2) is 6.10 Å². The fourth-order valence-corrected chi connectivity index (χ4v) is 3.02. The first-order valence-corrected chi connectivity index (χ1v) is 7.55. The summed E-state index contributed by atoms with van der Waals surface area (Å²) in [5.74, 6) is 0.649. The van der Waals surface area contributed by atoms with Crippen LogP contribution in [-0.2, 0) is 0 Å². The van der Waals surface area contributed by atoms with Crippen molar-refractivity contribution in [2.75, 3.05) is 0 Å². The fraction of sp³-hybridized carbons (Fsp3) is 0.154. The zero-order chi connectivity index (χ0) is 13.1. The van der Waals surface area contributed by atoms with Crippen LogP contribution in [0.25, 0.3) is 0 Å². The highest BCUT2D eigenvalue weighted by molar-refractivity contribution is 14.1. The first-order chi connectivity index (χ1) is 8.56. The molecule has 1 unspecified atom stereocenters. The number of halogens is 2. The van der Waals surface area contributed by atoms with Crippen LogP contribution >= 0.6 is 45.5 Å². The van der Waals surface area contributed by atoms with Crippen molar-refractivity contribution in [2.24, 2.45) is 0 Å². The number of hydrogen-bond donors (Lipinski definition) is 0. The first kappa shape index (κ1) is 13.8. The van der Waals surface area contributed by atoms with Gasteiger partial charge in [0.05, 0.1) is 9.21 Å². The van der Waals surface area contributed by atoms with Crippen LogP contribution in [0.15, 0.2) is 36.4 Å². The number of carbonyl (C=O) groups excluding carboxylic acids is 1. The highest BCUT2D eigenvalue weighted by Gasteiger charge is 2.18. The van der Waals surface area contributed by atoms with E-state index in [2.05, 4.69) is 22.6 Å². The molecule has 0 aliphatic heterocycles. The number of ether oxygens (including phenoxy) is 1. The molecule has 0 aliphatic rings. The zero-order valence-corrected chi connectivity index (χ0v) is 13.3. The molecule has 0 saturated carbocycles. The van der Waals surface area contributed by atoms with Crippen LogP contribution in [0.2, 0.25) is 4.34 Å². The molecular weight excluding hydrogens is 383 g/mol. The second-order valence-electron chi connectivity index (χ2n) is 3.69. The Bertz CT molecular complexity index is 568. The molecule has 0 saturated heterocycles. The van der Waals surface area contributed by atoms with Gasteiger partial charge in [-0.3, -0.25) is 4.79 Å². The Morgan fingerprint density at radius 2 is 2.17 bits per heavy atom. The standard InChI is InChI=1S/C13H10ClIO2S/c1-8(13(16)11-5-6-12(14)18-11)17-10-4-2-3-9(15)7-10/h2-8H,1H3. The average molecular weight is 393 g/mol. The average Bonchev–Trinajstić information content (AvgIpc) is 2.75. The van der Waals surface area contributed by atoms with Gasteiger partial charge < -0.3 is 4.74 Å². The molecule has 2 aromatic rings. The van der Waals surface area contributed by atoms with Gasteiger partial charge in [-0.2, -0.15) is 0 Å². The molecule has 1 heterocycles. The summed E-state index contributed by atoms with van der Waals surface area (Å²) in [7, 11) is 0. The van der Waals surface area contributed by atoms with Gasteiger partial charge in [0, 0.05) is 3.57 Å². The SMILES string of the molecule is CC(Oc1cccc(I)c1)C(=O)c1ccc(Cl)s1. The monoisotopic (exact) mass is 392 g/mol. The van der Waals surface area contributed by atoms with E-state index in [1.54, 1.807) is 19.1 Å². The van der Waals surface area contributed by atoms with Crippen molar-refractivity contribution < 1.29 is 9.53 Å². The van der Waals surface area contributed by atoms with E-state index in [4.69, 9.17) is 16.3 Å². The molecule has 0 aliphatic carbocycles. The molecule has 0 radical (unpaired) electrons. The van der Waals surface area contributed by atoms with Gasteiger partial charge in [0.2, 0.25) is 5.78 Å². The number of ketones is 1. The molecule has 18 heavy (non-hydrogen) atoms. The maximum atomic E-state index is 12.1. The number of thiophene rings is 1. The van der Waals surface area contributed by atoms with Crippen molar-refractivity contribution in [3.05, 3.63) is 49.2 Å². The predicted octanol–water partition coefficient (Wildman–Crippen LogP) is 4.66. The van der Waals surface area contributed by atoms with Crippen LogP contribution in [0.4, 0.5) is 0 Å². The van der Waals surface area contributed by atoms with Gasteiger partial charge >= 0.3 is 0 Å². The van der Waals surface area contributed by atoms with Crippen LogP contribution in [-0.4, -0.2) is 11.9 Å². The molecular formula is C13H10ClIO2S. The molecule has 0 fully saturated rings. The smallest absolute Gasteiger partial charge is 0.212 e. The minimum atomic E-state index is -0.516. The van der Waals surface area contributed by atoms with Gasteiger partial charge in [0.25, 0.3) is 0 Å². The van der Waals surface area contributed by atoms with Crippen LogP contribution in [0, 0.1) is 3.57 Å². The van der Waals surface area contributed by atoms with E-state index in [0.29, 0.717) is 15.0 Å². The van der Waals surface area contributed by atoms with Gasteiger partial charge in [-0.25, -0.2) is 0 Å². The quantitative estimate of drug-likeness (QED) is 0.559. The van der Waals surface area contributed by atoms with Crippen LogP contribution in [0.3, 0.4) is 0 Å². The molecule has 0 amide bonds. The van der Waals surface area contributed by atoms with Gasteiger partial charge in [0.1, 0.15) is 5.75 Å². The predicted molar refractivity (Wildman–Crippen MR) is 82.9 cm³/mol. The summed E-state index contributed by atoms with van der Waals surface area (Å²) in [5.41, 5.74) is 0. The largest absolute Gasteiger partial charge is 0.483 e. The highest BCUT2D eigenvalue weighted by atomic mass is 127. The summed E-state index contributed by atoms with van der Waals surface area (Å²) in [4.78, 5) is 12.7. The van der Waals surface area contributed by atoms with Crippen LogP contribution in [0.1, 0.15) is 16.6 Å². The number of Topliss-reactive ketones (excluding diaryl/α,β-unsaturated/α-hetero) is 1. The van der Waals surface area contributed by atoms with E-state index < -0.39 is 6.10 Å². The molecule has 0 spiro atoms. The number of rotatable bonds is 4. The van der Waals surface area contributed by atoms with Gasteiger partial charge in [-0.05, 0) is 59.8 Å². The van der Waals surface area contributed by atoms with E-state index in [9.17, 15) is 4.79 Å². The third-order valence-electron chi connectivity index (χ3n) is 2.29. The van der Waals surface area contributed by atoms with Crippen molar-refractivity contribution in [3.63, 3.8) is 0 Å². The molecule has 0 bridgehead atoms. The zero-order valence-electron chi connectivity index (χ0n) is 9.52. The van der Waals surface area contributed by atoms with Gasteiger partial charge in [-0.15, -0.1) is 11.3 Å². The molecule has 5 heteroatoms. The Morgan fingerprint density at radius 3 is 2.78 bits per heavy atom. The molecule has 1 aromatic carbocycles. The lowest BCUT2D eigenvalue weighted by atomic mass is 10.2. The number of benzene rings is 1. The first-order valence-electron chi connectivity index (χ1n) is 5.28. The molecule has 0 N–H and O–H groups in total. The second kappa shape index (κ2) is 6.04. The normalized spacial score (nSPS) is 12.2. The Labute approximate surface area is 128 Å². The minimum Gasteiger partial charge on any atom is -0.483 e. The van der Waals surface area contributed by atoms with Crippen LogP contribution < -0.4 is 4.74 Å².